The van der Waals surface area contributed by atoms with E-state index in [9.17, 15) is 8.42 Å². The fraction of sp³-hybridized carbons (Fsp3) is 0.600. The molecule has 6 heteroatoms. The van der Waals surface area contributed by atoms with Crippen LogP contribution in [0.15, 0.2) is 23.1 Å². The first-order valence-corrected chi connectivity index (χ1v) is 8.73. The van der Waals surface area contributed by atoms with Crippen LogP contribution in [-0.4, -0.2) is 32.4 Å². The number of methoxy groups -OCH3 is 1. The van der Waals surface area contributed by atoms with Gasteiger partial charge in [-0.25, -0.2) is 8.42 Å². The minimum absolute atomic E-state index is 0.135. The van der Waals surface area contributed by atoms with Gasteiger partial charge in [0.15, 0.2) is 0 Å². The van der Waals surface area contributed by atoms with Gasteiger partial charge in [0.1, 0.15) is 10.6 Å². The Labute approximate surface area is 127 Å². The predicted molar refractivity (Wildman–Crippen MR) is 82.6 cm³/mol. The maximum Gasteiger partial charge on any atom is 0.247 e. The van der Waals surface area contributed by atoms with Crippen molar-refractivity contribution in [3.63, 3.8) is 0 Å². The lowest BCUT2D eigenvalue weighted by Crippen LogP contribution is -2.36. The molecule has 5 nitrogen and oxygen atoms in total. The molecule has 0 atom stereocenters. The molecule has 1 aromatic rings. The van der Waals surface area contributed by atoms with Crippen molar-refractivity contribution in [2.75, 3.05) is 13.7 Å². The Hall–Kier alpha value is -1.11. The van der Waals surface area contributed by atoms with Crippen molar-refractivity contribution >= 4 is 10.0 Å². The second-order valence-corrected chi connectivity index (χ2v) is 7.75. The molecular weight excluding hydrogens is 288 g/mol. The van der Waals surface area contributed by atoms with Crippen LogP contribution in [0.2, 0.25) is 0 Å². The summed E-state index contributed by atoms with van der Waals surface area (Å²) in [4.78, 5) is 0.231. The molecule has 0 heterocycles. The average Bonchev–Trinajstić information content (AvgIpc) is 3.28. The second kappa shape index (κ2) is 6.34. The normalized spacial score (nSPS) is 15.7. The molecule has 0 aliphatic heterocycles. The molecule has 1 aromatic carbocycles. The van der Waals surface area contributed by atoms with Crippen molar-refractivity contribution in [1.82, 2.24) is 4.31 Å². The van der Waals surface area contributed by atoms with Gasteiger partial charge in [-0.1, -0.05) is 19.9 Å². The van der Waals surface area contributed by atoms with E-state index in [-0.39, 0.29) is 16.9 Å². The highest BCUT2D eigenvalue weighted by atomic mass is 32.2. The number of hydrogen-bond donors (Lipinski definition) is 1. The van der Waals surface area contributed by atoms with Gasteiger partial charge >= 0.3 is 0 Å². The minimum Gasteiger partial charge on any atom is -0.495 e. The van der Waals surface area contributed by atoms with E-state index >= 15 is 0 Å². The summed E-state index contributed by atoms with van der Waals surface area (Å²) in [5.74, 6) is 0.655. The molecule has 0 saturated heterocycles. The number of rotatable bonds is 7. The van der Waals surface area contributed by atoms with Crippen LogP contribution in [0.1, 0.15) is 32.3 Å². The Morgan fingerprint density at radius 2 is 2.05 bits per heavy atom. The third-order valence-corrected chi connectivity index (χ3v) is 5.51. The van der Waals surface area contributed by atoms with Crippen molar-refractivity contribution in [2.45, 2.75) is 44.2 Å². The quantitative estimate of drug-likeness (QED) is 0.835. The molecule has 1 aliphatic carbocycles. The van der Waals surface area contributed by atoms with Gasteiger partial charge in [-0.3, -0.25) is 0 Å². The molecule has 2 rings (SSSR count). The zero-order chi connectivity index (χ0) is 15.6. The van der Waals surface area contributed by atoms with Crippen molar-refractivity contribution < 1.29 is 13.2 Å². The Balaban J connectivity index is 2.41. The molecule has 0 aromatic heterocycles. The van der Waals surface area contributed by atoms with Crippen LogP contribution in [0.5, 0.6) is 5.75 Å². The van der Waals surface area contributed by atoms with Gasteiger partial charge in [0.05, 0.1) is 7.11 Å². The van der Waals surface area contributed by atoms with E-state index in [1.165, 1.54) is 7.11 Å². The van der Waals surface area contributed by atoms with E-state index in [0.29, 0.717) is 18.8 Å². The van der Waals surface area contributed by atoms with E-state index in [2.05, 4.69) is 0 Å². The molecule has 1 saturated carbocycles. The molecule has 1 fully saturated rings. The SMILES string of the molecule is COc1cc(CN)ccc1S(=O)(=O)N(CC(C)C)C1CC1. The molecule has 118 valence electrons. The van der Waals surface area contributed by atoms with E-state index in [1.807, 2.05) is 13.8 Å². The summed E-state index contributed by atoms with van der Waals surface area (Å²) in [6, 6.07) is 5.19. The molecule has 0 bridgehead atoms. The van der Waals surface area contributed by atoms with E-state index in [0.717, 1.165) is 18.4 Å². The van der Waals surface area contributed by atoms with Gasteiger partial charge in [-0.2, -0.15) is 4.31 Å². The molecule has 0 radical (unpaired) electrons. The highest BCUT2D eigenvalue weighted by Gasteiger charge is 2.39. The number of nitrogens with zero attached hydrogens (tertiary/aromatic N) is 1. The van der Waals surface area contributed by atoms with Crippen LogP contribution >= 0.6 is 0 Å². The summed E-state index contributed by atoms with van der Waals surface area (Å²) < 4.78 is 32.8. The van der Waals surface area contributed by atoms with Gasteiger partial charge in [-0.15, -0.1) is 0 Å². The van der Waals surface area contributed by atoms with Crippen molar-refractivity contribution in [3.05, 3.63) is 23.8 Å². The minimum atomic E-state index is -3.53. The molecule has 2 N–H and O–H groups in total. The summed E-state index contributed by atoms with van der Waals surface area (Å²) in [6.45, 7) is 4.95. The monoisotopic (exact) mass is 312 g/mol. The van der Waals surface area contributed by atoms with E-state index in [4.69, 9.17) is 10.5 Å². The van der Waals surface area contributed by atoms with Crippen LogP contribution in [0.25, 0.3) is 0 Å². The summed E-state index contributed by atoms with van der Waals surface area (Å²) in [6.07, 6.45) is 1.88. The highest BCUT2D eigenvalue weighted by molar-refractivity contribution is 7.89. The van der Waals surface area contributed by atoms with Crippen molar-refractivity contribution in [1.29, 1.82) is 0 Å². The third kappa shape index (κ3) is 3.56. The lowest BCUT2D eigenvalue weighted by atomic mass is 10.2. The highest BCUT2D eigenvalue weighted by Crippen LogP contribution is 2.35. The van der Waals surface area contributed by atoms with E-state index in [1.54, 1.807) is 22.5 Å². The van der Waals surface area contributed by atoms with Gasteiger partial charge in [-0.05, 0) is 36.5 Å². The first-order valence-electron chi connectivity index (χ1n) is 7.29. The number of benzene rings is 1. The lowest BCUT2D eigenvalue weighted by Gasteiger charge is -2.24. The zero-order valence-corrected chi connectivity index (χ0v) is 13.7. The van der Waals surface area contributed by atoms with Crippen molar-refractivity contribution in [3.8, 4) is 5.75 Å². The number of ether oxygens (including phenoxy) is 1. The standard InChI is InChI=1S/C15H24N2O3S/c1-11(2)10-17(13-5-6-13)21(18,19)15-7-4-12(9-16)8-14(15)20-3/h4,7-8,11,13H,5-6,9-10,16H2,1-3H3. The summed E-state index contributed by atoms with van der Waals surface area (Å²) in [5.41, 5.74) is 6.46. The second-order valence-electron chi connectivity index (χ2n) is 5.89. The largest absolute Gasteiger partial charge is 0.495 e. The predicted octanol–water partition coefficient (Wildman–Crippen LogP) is 1.96. The number of sulfonamides is 1. The lowest BCUT2D eigenvalue weighted by molar-refractivity contribution is 0.354. The van der Waals surface area contributed by atoms with Crippen LogP contribution < -0.4 is 10.5 Å². The Kier molecular flexibility index (Phi) is 4.91. The molecule has 21 heavy (non-hydrogen) atoms. The maximum atomic E-state index is 12.9. The molecule has 1 aliphatic rings. The summed E-state index contributed by atoms with van der Waals surface area (Å²) in [7, 11) is -2.05. The van der Waals surface area contributed by atoms with Gasteiger partial charge in [0.2, 0.25) is 10.0 Å². The molecular formula is C15H24N2O3S. The maximum absolute atomic E-state index is 12.9. The Morgan fingerprint density at radius 1 is 1.38 bits per heavy atom. The molecule has 0 unspecified atom stereocenters. The van der Waals surface area contributed by atoms with Gasteiger partial charge in [0, 0.05) is 19.1 Å². The smallest absolute Gasteiger partial charge is 0.247 e. The number of nitrogens with two attached hydrogens (primary N) is 1. The van der Waals surface area contributed by atoms with Gasteiger partial charge < -0.3 is 10.5 Å². The molecule has 0 spiro atoms. The Bertz CT molecular complexity index is 595. The van der Waals surface area contributed by atoms with Crippen LogP contribution in [0, 0.1) is 5.92 Å². The summed E-state index contributed by atoms with van der Waals surface area (Å²) in [5, 5.41) is 0. The van der Waals surface area contributed by atoms with Gasteiger partial charge in [0.25, 0.3) is 0 Å². The zero-order valence-electron chi connectivity index (χ0n) is 12.9. The first kappa shape index (κ1) is 16.3. The first-order chi connectivity index (χ1) is 9.90. The fourth-order valence-electron chi connectivity index (χ4n) is 2.34. The fourth-order valence-corrected chi connectivity index (χ4v) is 4.33. The average molecular weight is 312 g/mol. The van der Waals surface area contributed by atoms with Crippen LogP contribution in [-0.2, 0) is 16.6 Å². The molecule has 0 amide bonds. The van der Waals surface area contributed by atoms with Crippen molar-refractivity contribution in [2.24, 2.45) is 11.7 Å². The van der Waals surface area contributed by atoms with E-state index < -0.39 is 10.0 Å². The summed E-state index contributed by atoms with van der Waals surface area (Å²) >= 11 is 0. The number of hydrogen-bond acceptors (Lipinski definition) is 4. The van der Waals surface area contributed by atoms with Crippen LogP contribution in [0.4, 0.5) is 0 Å². The Morgan fingerprint density at radius 3 is 2.52 bits per heavy atom. The third-order valence-electron chi connectivity index (χ3n) is 3.55. The van der Waals surface area contributed by atoms with Crippen LogP contribution in [0.3, 0.4) is 0 Å². The topological polar surface area (TPSA) is 72.6 Å².